The minimum Gasteiger partial charge on any atom is -0.309 e. The van der Waals surface area contributed by atoms with E-state index in [9.17, 15) is 0 Å². The molecule has 0 bridgehead atoms. The minimum absolute atomic E-state index is 1.14. The van der Waals surface area contributed by atoms with E-state index in [0.29, 0.717) is 0 Å². The molecule has 0 unspecified atom stereocenters. The summed E-state index contributed by atoms with van der Waals surface area (Å²) in [5.74, 6) is 0. The zero-order chi connectivity index (χ0) is 37.5. The summed E-state index contributed by atoms with van der Waals surface area (Å²) in [5.41, 5.74) is 8.58. The van der Waals surface area contributed by atoms with E-state index >= 15 is 0 Å². The first-order chi connectivity index (χ1) is 28.3. The Kier molecular flexibility index (Phi) is 7.34. The monoisotopic (exact) mass is 759 g/mol. The molecule has 0 atom stereocenters. The fourth-order valence-electron chi connectivity index (χ4n) is 8.98. The first-order valence-corrected chi connectivity index (χ1v) is 21.0. The summed E-state index contributed by atoms with van der Waals surface area (Å²) >= 11 is 3.83. The number of rotatable bonds is 5. The summed E-state index contributed by atoms with van der Waals surface area (Å²) in [6.07, 6.45) is 0. The lowest BCUT2D eigenvalue weighted by Gasteiger charge is -2.26. The molecule has 0 fully saturated rings. The molecule has 0 aliphatic carbocycles. The van der Waals surface area contributed by atoms with E-state index in [1.807, 2.05) is 22.7 Å². The third kappa shape index (κ3) is 5.13. The molecule has 0 amide bonds. The van der Waals surface area contributed by atoms with E-state index in [1.165, 1.54) is 101 Å². The van der Waals surface area contributed by atoms with Gasteiger partial charge in [0.05, 0.1) is 10.4 Å². The van der Waals surface area contributed by atoms with E-state index < -0.39 is 0 Å². The highest BCUT2D eigenvalue weighted by atomic mass is 32.1. The Hall–Kier alpha value is -6.78. The van der Waals surface area contributed by atoms with Gasteiger partial charge >= 0.3 is 0 Å². The van der Waals surface area contributed by atoms with Crippen LogP contribution in [0.15, 0.2) is 200 Å². The van der Waals surface area contributed by atoms with Crippen molar-refractivity contribution in [3.63, 3.8) is 0 Å². The third-order valence-electron chi connectivity index (χ3n) is 11.6. The van der Waals surface area contributed by atoms with Gasteiger partial charge in [0.15, 0.2) is 0 Å². The van der Waals surface area contributed by atoms with Gasteiger partial charge in [-0.15, -0.1) is 22.7 Å². The Morgan fingerprint density at radius 2 is 0.895 bits per heavy atom. The molecule has 0 radical (unpaired) electrons. The molecule has 12 rings (SSSR count). The van der Waals surface area contributed by atoms with Crippen molar-refractivity contribution < 1.29 is 0 Å². The Labute approximate surface area is 337 Å². The molecule has 10 aromatic carbocycles. The summed E-state index contributed by atoms with van der Waals surface area (Å²) in [6, 6.07) is 73.8. The number of anilines is 3. The fourth-order valence-corrected chi connectivity index (χ4v) is 11.6. The van der Waals surface area contributed by atoms with Crippen LogP contribution < -0.4 is 4.90 Å². The standard InChI is InChI=1S/C54H33NS2/c1-2-15-36(16-3-1)41-21-12-26-50-51(41)46-24-10-22-44(52(46)56-50)47-33-48-45-23-11-25-49(54(45)57-53(48)43-20-9-8-19-42(43)47)55(39-29-27-34-13-4-6-17-37(34)31-39)40-30-28-35-14-5-7-18-38(35)32-40/h1-33H. The van der Waals surface area contributed by atoms with E-state index in [0.717, 1.165) is 11.4 Å². The maximum atomic E-state index is 2.48. The van der Waals surface area contributed by atoms with Crippen LogP contribution in [0, 0.1) is 0 Å². The van der Waals surface area contributed by atoms with Gasteiger partial charge in [-0.3, -0.25) is 0 Å². The van der Waals surface area contributed by atoms with Crippen molar-refractivity contribution in [2.45, 2.75) is 0 Å². The number of benzene rings is 10. The summed E-state index contributed by atoms with van der Waals surface area (Å²) in [6.45, 7) is 0. The highest BCUT2D eigenvalue weighted by molar-refractivity contribution is 7.27. The van der Waals surface area contributed by atoms with Gasteiger partial charge in [0.25, 0.3) is 0 Å². The molecule has 0 N–H and O–H groups in total. The van der Waals surface area contributed by atoms with Crippen molar-refractivity contribution in [2.75, 3.05) is 4.90 Å². The van der Waals surface area contributed by atoms with E-state index in [-0.39, 0.29) is 0 Å². The van der Waals surface area contributed by atoms with Crippen molar-refractivity contribution in [1.82, 2.24) is 0 Å². The number of nitrogens with zero attached hydrogens (tertiary/aromatic N) is 1. The fraction of sp³-hybridized carbons (Fsp3) is 0. The first-order valence-electron chi connectivity index (χ1n) is 19.4. The number of hydrogen-bond donors (Lipinski definition) is 0. The highest BCUT2D eigenvalue weighted by Crippen LogP contribution is 2.50. The predicted molar refractivity (Wildman–Crippen MR) is 250 cm³/mol. The van der Waals surface area contributed by atoms with Gasteiger partial charge in [0.1, 0.15) is 0 Å². The van der Waals surface area contributed by atoms with Gasteiger partial charge in [-0.2, -0.15) is 0 Å². The lowest BCUT2D eigenvalue weighted by Crippen LogP contribution is -2.10. The summed E-state index contributed by atoms with van der Waals surface area (Å²) < 4.78 is 5.25. The van der Waals surface area contributed by atoms with Gasteiger partial charge in [-0.1, -0.05) is 158 Å². The van der Waals surface area contributed by atoms with Crippen molar-refractivity contribution in [2.24, 2.45) is 0 Å². The van der Waals surface area contributed by atoms with Crippen molar-refractivity contribution in [3.8, 4) is 22.3 Å². The van der Waals surface area contributed by atoms with Crippen LogP contribution in [-0.4, -0.2) is 0 Å². The second-order valence-corrected chi connectivity index (χ2v) is 16.9. The zero-order valence-corrected chi connectivity index (χ0v) is 32.4. The molecule has 0 aliphatic rings. The van der Waals surface area contributed by atoms with Crippen LogP contribution in [0.2, 0.25) is 0 Å². The van der Waals surface area contributed by atoms with Gasteiger partial charge in [0, 0.05) is 58.0 Å². The van der Waals surface area contributed by atoms with E-state index in [1.54, 1.807) is 0 Å². The lowest BCUT2D eigenvalue weighted by molar-refractivity contribution is 1.31. The van der Waals surface area contributed by atoms with Crippen molar-refractivity contribution in [3.05, 3.63) is 200 Å². The molecule has 0 aliphatic heterocycles. The van der Waals surface area contributed by atoms with Crippen LogP contribution >= 0.6 is 22.7 Å². The molecule has 0 spiro atoms. The number of thiophene rings is 2. The SMILES string of the molecule is c1ccc(-c2cccc3sc4c(-c5cc6c7cccc(N(c8ccc9ccccc9c8)c8ccc9ccccc9c8)c7sc6c6ccccc56)cccc4c23)cc1. The number of hydrogen-bond acceptors (Lipinski definition) is 3. The molecule has 1 nitrogen and oxygen atoms in total. The second kappa shape index (κ2) is 12.9. The van der Waals surface area contributed by atoms with Gasteiger partial charge in [-0.05, 0) is 86.1 Å². The van der Waals surface area contributed by atoms with Crippen molar-refractivity contribution in [1.29, 1.82) is 0 Å². The zero-order valence-electron chi connectivity index (χ0n) is 30.8. The van der Waals surface area contributed by atoms with Gasteiger partial charge in [0.2, 0.25) is 0 Å². The Morgan fingerprint density at radius 3 is 1.65 bits per heavy atom. The quantitative estimate of drug-likeness (QED) is 0.169. The van der Waals surface area contributed by atoms with Crippen LogP contribution in [-0.2, 0) is 0 Å². The van der Waals surface area contributed by atoms with E-state index in [4.69, 9.17) is 0 Å². The molecule has 0 saturated heterocycles. The second-order valence-electron chi connectivity index (χ2n) is 14.8. The third-order valence-corrected chi connectivity index (χ3v) is 14.1. The summed E-state index contributed by atoms with van der Waals surface area (Å²) in [5, 5.41) is 12.7. The smallest absolute Gasteiger partial charge is 0.0640 e. The molecule has 2 aromatic heterocycles. The lowest BCUT2D eigenvalue weighted by atomic mass is 9.93. The first kappa shape index (κ1) is 32.5. The largest absolute Gasteiger partial charge is 0.309 e. The maximum absolute atomic E-state index is 2.48. The molecule has 3 heteroatoms. The Morgan fingerprint density at radius 1 is 0.316 bits per heavy atom. The molecule has 12 aromatic rings. The summed E-state index contributed by atoms with van der Waals surface area (Å²) in [4.78, 5) is 2.46. The molecule has 2 heterocycles. The Balaban J connectivity index is 1.11. The van der Waals surface area contributed by atoms with Gasteiger partial charge < -0.3 is 4.90 Å². The Bertz CT molecular complexity index is 3460. The van der Waals surface area contributed by atoms with E-state index in [2.05, 4.69) is 205 Å². The molecular formula is C54H33NS2. The van der Waals surface area contributed by atoms with Crippen LogP contribution in [0.5, 0.6) is 0 Å². The van der Waals surface area contributed by atoms with Crippen molar-refractivity contribution >= 4 is 112 Å². The topological polar surface area (TPSA) is 3.24 Å². The predicted octanol–water partition coefficient (Wildman–Crippen LogP) is 16.7. The maximum Gasteiger partial charge on any atom is 0.0640 e. The van der Waals surface area contributed by atoms with Crippen LogP contribution in [0.25, 0.3) is 94.9 Å². The summed E-state index contributed by atoms with van der Waals surface area (Å²) in [7, 11) is 0. The molecular weight excluding hydrogens is 727 g/mol. The normalized spacial score (nSPS) is 11.9. The highest BCUT2D eigenvalue weighted by Gasteiger charge is 2.22. The molecule has 57 heavy (non-hydrogen) atoms. The van der Waals surface area contributed by atoms with Gasteiger partial charge in [-0.25, -0.2) is 0 Å². The van der Waals surface area contributed by atoms with Crippen LogP contribution in [0.4, 0.5) is 17.1 Å². The van der Waals surface area contributed by atoms with Crippen LogP contribution in [0.1, 0.15) is 0 Å². The van der Waals surface area contributed by atoms with Crippen LogP contribution in [0.3, 0.4) is 0 Å². The average Bonchev–Trinajstić information content (AvgIpc) is 3.86. The number of fused-ring (bicyclic) bond motifs is 10. The molecule has 266 valence electrons. The average molecular weight is 760 g/mol. The minimum atomic E-state index is 1.14. The molecule has 0 saturated carbocycles.